The lowest BCUT2D eigenvalue weighted by Gasteiger charge is -2.12. The Morgan fingerprint density at radius 2 is 1.77 bits per heavy atom. The Morgan fingerprint density at radius 1 is 1.10 bits per heavy atom. The third kappa shape index (κ3) is 4.92. The first-order valence-electron chi connectivity index (χ1n) is 8.43. The zero-order valence-corrected chi connectivity index (χ0v) is 16.1. The van der Waals surface area contributed by atoms with E-state index in [0.717, 1.165) is 17.5 Å². The number of halogens is 4. The average Bonchev–Trinajstić information content (AvgIpc) is 2.68. The molecule has 30 heavy (non-hydrogen) atoms. The number of aryl methyl sites for hydroxylation is 1. The molecule has 156 valence electrons. The number of pyridine rings is 1. The van der Waals surface area contributed by atoms with Gasteiger partial charge in [0.05, 0.1) is 15.5 Å². The Balaban J connectivity index is 1.87. The van der Waals surface area contributed by atoms with Gasteiger partial charge in [0.1, 0.15) is 6.33 Å². The summed E-state index contributed by atoms with van der Waals surface area (Å²) in [5.74, 6) is -0.548. The normalized spacial score (nSPS) is 11.2. The lowest BCUT2D eigenvalue weighted by atomic mass is 10.1. The molecule has 0 aliphatic rings. The van der Waals surface area contributed by atoms with Crippen molar-refractivity contribution in [2.75, 3.05) is 10.6 Å². The van der Waals surface area contributed by atoms with E-state index >= 15 is 0 Å². The van der Waals surface area contributed by atoms with E-state index in [-0.39, 0.29) is 29.0 Å². The lowest BCUT2D eigenvalue weighted by Crippen LogP contribution is -2.10. The number of nitrogens with zero attached hydrogens (tertiary/aromatic N) is 4. The van der Waals surface area contributed by atoms with Crippen molar-refractivity contribution in [2.24, 2.45) is 0 Å². The maximum atomic E-state index is 12.8. The van der Waals surface area contributed by atoms with E-state index in [1.54, 1.807) is 0 Å². The highest BCUT2D eigenvalue weighted by molar-refractivity contribution is 6.33. The van der Waals surface area contributed by atoms with Gasteiger partial charge in [-0.1, -0.05) is 41.4 Å². The van der Waals surface area contributed by atoms with E-state index in [9.17, 15) is 23.3 Å². The van der Waals surface area contributed by atoms with E-state index in [1.165, 1.54) is 0 Å². The molecule has 2 heterocycles. The molecule has 0 amide bonds. The Bertz CT molecular complexity index is 1080. The highest BCUT2D eigenvalue weighted by atomic mass is 35.5. The number of hydrogen-bond donors (Lipinski definition) is 2. The number of nitro groups is 1. The Labute approximate surface area is 173 Å². The van der Waals surface area contributed by atoms with Crippen molar-refractivity contribution >= 4 is 34.7 Å². The Kier molecular flexibility index (Phi) is 6.01. The molecule has 0 aliphatic heterocycles. The monoisotopic (exact) mass is 438 g/mol. The molecule has 0 saturated heterocycles. The molecular weight excluding hydrogens is 425 g/mol. The highest BCUT2D eigenvalue weighted by Gasteiger charge is 2.32. The standard InChI is InChI=1S/C18H14ClF3N6O2/c1-10-2-4-11(5-3-10)7-23-16-14(28(29)30)17(26-9-25-16)27-15-13(19)6-12(8-24-15)18(20,21)22/h2-6,8-9H,7H2,1H3,(H2,23,24,25,26,27). The number of rotatable bonds is 6. The molecule has 0 aliphatic carbocycles. The van der Waals surface area contributed by atoms with Crippen LogP contribution in [0.2, 0.25) is 5.02 Å². The van der Waals surface area contributed by atoms with E-state index in [4.69, 9.17) is 11.6 Å². The van der Waals surface area contributed by atoms with Crippen molar-refractivity contribution in [3.8, 4) is 0 Å². The van der Waals surface area contributed by atoms with Gasteiger partial charge in [0.2, 0.25) is 11.6 Å². The average molecular weight is 439 g/mol. The summed E-state index contributed by atoms with van der Waals surface area (Å²) in [5, 5.41) is 16.6. The molecule has 3 rings (SSSR count). The Morgan fingerprint density at radius 3 is 2.37 bits per heavy atom. The van der Waals surface area contributed by atoms with Gasteiger partial charge in [-0.3, -0.25) is 10.1 Å². The summed E-state index contributed by atoms with van der Waals surface area (Å²) in [6.45, 7) is 2.20. The molecule has 0 bridgehead atoms. The second kappa shape index (κ2) is 8.49. The molecule has 0 saturated carbocycles. The summed E-state index contributed by atoms with van der Waals surface area (Å²) in [5.41, 5.74) is 0.396. The van der Waals surface area contributed by atoms with Crippen LogP contribution < -0.4 is 10.6 Å². The van der Waals surface area contributed by atoms with Crippen LogP contribution in [-0.2, 0) is 12.7 Å². The molecule has 8 nitrogen and oxygen atoms in total. The summed E-state index contributed by atoms with van der Waals surface area (Å²) in [4.78, 5) is 22.2. The number of benzene rings is 1. The number of anilines is 3. The van der Waals surface area contributed by atoms with Gasteiger partial charge < -0.3 is 10.6 Å². The molecule has 0 radical (unpaired) electrons. The molecule has 12 heteroatoms. The lowest BCUT2D eigenvalue weighted by molar-refractivity contribution is -0.383. The highest BCUT2D eigenvalue weighted by Crippen LogP contribution is 2.35. The van der Waals surface area contributed by atoms with Gasteiger partial charge in [-0.05, 0) is 18.6 Å². The molecule has 1 aromatic carbocycles. The first-order chi connectivity index (χ1) is 14.1. The predicted octanol–water partition coefficient (Wildman–Crippen LogP) is 5.12. The van der Waals surface area contributed by atoms with Crippen LogP contribution in [0.3, 0.4) is 0 Å². The fourth-order valence-electron chi connectivity index (χ4n) is 2.46. The fourth-order valence-corrected chi connectivity index (χ4v) is 2.67. The van der Waals surface area contributed by atoms with Crippen LogP contribution in [0, 0.1) is 17.0 Å². The van der Waals surface area contributed by atoms with Crippen LogP contribution >= 0.6 is 11.6 Å². The van der Waals surface area contributed by atoms with Gasteiger partial charge >= 0.3 is 11.9 Å². The number of alkyl halides is 3. The van der Waals surface area contributed by atoms with Gasteiger partial charge in [0.25, 0.3) is 0 Å². The number of nitrogens with one attached hydrogen (secondary N) is 2. The van der Waals surface area contributed by atoms with Crippen molar-refractivity contribution in [1.29, 1.82) is 0 Å². The largest absolute Gasteiger partial charge is 0.417 e. The SMILES string of the molecule is Cc1ccc(CNc2ncnc(Nc3ncc(C(F)(F)F)cc3Cl)c2[N+](=O)[O-])cc1. The Hall–Kier alpha value is -3.47. The van der Waals surface area contributed by atoms with Crippen LogP contribution in [0.25, 0.3) is 0 Å². The molecule has 0 atom stereocenters. The minimum atomic E-state index is -4.62. The quantitative estimate of drug-likeness (QED) is 0.406. The zero-order valence-electron chi connectivity index (χ0n) is 15.4. The molecule has 2 N–H and O–H groups in total. The van der Waals surface area contributed by atoms with Crippen LogP contribution in [0.4, 0.5) is 36.3 Å². The van der Waals surface area contributed by atoms with Crippen molar-refractivity contribution in [2.45, 2.75) is 19.6 Å². The third-order valence-corrected chi connectivity index (χ3v) is 4.28. The summed E-state index contributed by atoms with van der Waals surface area (Å²) in [7, 11) is 0. The molecule has 0 spiro atoms. The minimum Gasteiger partial charge on any atom is -0.360 e. The van der Waals surface area contributed by atoms with E-state index < -0.39 is 22.4 Å². The van der Waals surface area contributed by atoms with Crippen molar-refractivity contribution in [3.63, 3.8) is 0 Å². The predicted molar refractivity (Wildman–Crippen MR) is 105 cm³/mol. The van der Waals surface area contributed by atoms with Crippen LogP contribution in [-0.4, -0.2) is 19.9 Å². The topological polar surface area (TPSA) is 106 Å². The maximum absolute atomic E-state index is 12.8. The maximum Gasteiger partial charge on any atom is 0.417 e. The summed E-state index contributed by atoms with van der Waals surface area (Å²) in [6, 6.07) is 8.19. The van der Waals surface area contributed by atoms with E-state index in [2.05, 4.69) is 25.6 Å². The molecule has 2 aromatic heterocycles. The first kappa shape index (κ1) is 21.2. The molecule has 0 unspecified atom stereocenters. The molecule has 0 fully saturated rings. The summed E-state index contributed by atoms with van der Waals surface area (Å²) < 4.78 is 38.3. The molecule has 3 aromatic rings. The number of aromatic nitrogens is 3. The fraction of sp³-hybridized carbons (Fsp3) is 0.167. The second-order valence-corrected chi connectivity index (χ2v) is 6.60. The third-order valence-electron chi connectivity index (χ3n) is 3.99. The van der Waals surface area contributed by atoms with Crippen LogP contribution in [0.5, 0.6) is 0 Å². The van der Waals surface area contributed by atoms with Crippen molar-refractivity contribution in [1.82, 2.24) is 15.0 Å². The summed E-state index contributed by atoms with van der Waals surface area (Å²) >= 11 is 5.86. The van der Waals surface area contributed by atoms with Gasteiger partial charge in [-0.15, -0.1) is 0 Å². The summed E-state index contributed by atoms with van der Waals surface area (Å²) in [6.07, 6.45) is -2.98. The smallest absolute Gasteiger partial charge is 0.360 e. The van der Waals surface area contributed by atoms with Gasteiger partial charge in [-0.2, -0.15) is 13.2 Å². The molecular formula is C18H14ClF3N6O2. The minimum absolute atomic E-state index is 0.0684. The number of hydrogen-bond acceptors (Lipinski definition) is 7. The van der Waals surface area contributed by atoms with E-state index in [1.807, 2.05) is 31.2 Å². The first-order valence-corrected chi connectivity index (χ1v) is 8.81. The van der Waals surface area contributed by atoms with Gasteiger partial charge in [0, 0.05) is 12.7 Å². The van der Waals surface area contributed by atoms with Crippen LogP contribution in [0.15, 0.2) is 42.9 Å². The van der Waals surface area contributed by atoms with Gasteiger partial charge in [0.15, 0.2) is 5.82 Å². The van der Waals surface area contributed by atoms with Gasteiger partial charge in [-0.25, -0.2) is 15.0 Å². The van der Waals surface area contributed by atoms with Crippen molar-refractivity contribution in [3.05, 3.63) is 74.7 Å². The second-order valence-electron chi connectivity index (χ2n) is 6.19. The van der Waals surface area contributed by atoms with Crippen molar-refractivity contribution < 1.29 is 18.1 Å². The van der Waals surface area contributed by atoms with Crippen LogP contribution in [0.1, 0.15) is 16.7 Å². The zero-order chi connectivity index (χ0) is 21.9. The van der Waals surface area contributed by atoms with E-state index in [0.29, 0.717) is 12.3 Å².